The first-order chi connectivity index (χ1) is 9.63. The monoisotopic (exact) mass is 313 g/mol. The number of benzene rings is 1. The van der Waals surface area contributed by atoms with Gasteiger partial charge in [-0.1, -0.05) is 36.2 Å². The number of carbonyl (C=O) groups excluding carboxylic acids is 1. The highest BCUT2D eigenvalue weighted by Gasteiger charge is 2.24. The van der Waals surface area contributed by atoms with Gasteiger partial charge in [-0.05, 0) is 25.0 Å². The van der Waals surface area contributed by atoms with E-state index in [-0.39, 0.29) is 5.91 Å². The Labute approximate surface area is 128 Å². The van der Waals surface area contributed by atoms with Gasteiger partial charge in [0, 0.05) is 19.4 Å². The Balaban J connectivity index is 2.10. The molecule has 1 amide bonds. The maximum Gasteiger partial charge on any atom is 0.227 e. The second kappa shape index (κ2) is 6.95. The summed E-state index contributed by atoms with van der Waals surface area (Å²) in [6.45, 7) is 2.73. The third-order valence-corrected chi connectivity index (χ3v) is 3.93. The first-order valence-corrected chi connectivity index (χ1v) is 7.46. The lowest BCUT2D eigenvalue weighted by molar-refractivity contribution is -0.127. The van der Waals surface area contributed by atoms with Crippen LogP contribution in [0.3, 0.4) is 0 Å². The lowest BCUT2D eigenvalue weighted by Gasteiger charge is -2.16. The highest BCUT2D eigenvalue weighted by Crippen LogP contribution is 2.29. The first kappa shape index (κ1) is 15.1. The molecule has 0 saturated carbocycles. The van der Waals surface area contributed by atoms with Crippen molar-refractivity contribution in [3.63, 3.8) is 0 Å². The molecule has 0 unspecified atom stereocenters. The summed E-state index contributed by atoms with van der Waals surface area (Å²) in [5.41, 5.74) is 3.54. The second-order valence-corrected chi connectivity index (χ2v) is 5.43. The largest absolute Gasteiger partial charge is 0.299 e. The number of rotatable bonds is 4. The summed E-state index contributed by atoms with van der Waals surface area (Å²) in [5, 5.41) is 5.22. The summed E-state index contributed by atoms with van der Waals surface area (Å²) in [6.07, 6.45) is 3.13. The van der Waals surface area contributed by atoms with Crippen molar-refractivity contribution in [3.8, 4) is 0 Å². The molecule has 108 valence electrons. The number of halogens is 2. The Bertz CT molecular complexity index is 531. The molecular formula is C14H17Cl2N3O. The molecule has 0 aromatic heterocycles. The van der Waals surface area contributed by atoms with Crippen molar-refractivity contribution >= 4 is 40.6 Å². The molecule has 4 nitrogen and oxygen atoms in total. The fraction of sp³-hybridized carbons (Fsp3) is 0.429. The van der Waals surface area contributed by atoms with E-state index >= 15 is 0 Å². The number of carbonyl (C=O) groups is 1. The number of amidine groups is 1. The van der Waals surface area contributed by atoms with Crippen LogP contribution in [0.1, 0.15) is 32.6 Å². The van der Waals surface area contributed by atoms with E-state index in [2.05, 4.69) is 10.5 Å². The Hall–Kier alpha value is -1.26. The number of hydrazone groups is 1. The van der Waals surface area contributed by atoms with Crippen LogP contribution in [0, 0.1) is 0 Å². The van der Waals surface area contributed by atoms with Crippen molar-refractivity contribution in [1.29, 1.82) is 0 Å². The fourth-order valence-corrected chi connectivity index (χ4v) is 2.45. The minimum absolute atomic E-state index is 0.128. The Morgan fingerprint density at radius 1 is 1.45 bits per heavy atom. The molecule has 0 bridgehead atoms. The highest BCUT2D eigenvalue weighted by atomic mass is 35.5. The van der Waals surface area contributed by atoms with E-state index in [1.54, 1.807) is 23.1 Å². The minimum atomic E-state index is 0.128. The number of nitrogens with one attached hydrogen (secondary N) is 1. The van der Waals surface area contributed by atoms with E-state index < -0.39 is 0 Å². The number of hydrogen-bond acceptors (Lipinski definition) is 3. The van der Waals surface area contributed by atoms with Gasteiger partial charge in [0.15, 0.2) is 0 Å². The van der Waals surface area contributed by atoms with Crippen LogP contribution in [0.2, 0.25) is 10.0 Å². The molecule has 1 aromatic rings. The van der Waals surface area contributed by atoms with Crippen LogP contribution < -0.4 is 5.43 Å². The molecule has 1 saturated heterocycles. The van der Waals surface area contributed by atoms with Crippen LogP contribution in [0.4, 0.5) is 5.69 Å². The molecule has 1 aromatic carbocycles. The van der Waals surface area contributed by atoms with Gasteiger partial charge in [0.2, 0.25) is 5.91 Å². The number of likely N-dealkylation sites (tertiary alicyclic amines) is 1. The summed E-state index contributed by atoms with van der Waals surface area (Å²) in [4.78, 5) is 13.7. The predicted octanol–water partition coefficient (Wildman–Crippen LogP) is 4.14. The van der Waals surface area contributed by atoms with Crippen molar-refractivity contribution in [2.75, 3.05) is 12.0 Å². The molecule has 0 spiro atoms. The minimum Gasteiger partial charge on any atom is -0.299 e. The van der Waals surface area contributed by atoms with Gasteiger partial charge < -0.3 is 0 Å². The number of hydrogen-bond donors (Lipinski definition) is 1. The van der Waals surface area contributed by atoms with Crippen molar-refractivity contribution in [3.05, 3.63) is 28.2 Å². The highest BCUT2D eigenvalue weighted by molar-refractivity contribution is 6.43. The van der Waals surface area contributed by atoms with Gasteiger partial charge in [0.05, 0.1) is 15.7 Å². The Morgan fingerprint density at radius 3 is 3.00 bits per heavy atom. The molecule has 0 radical (unpaired) electrons. The van der Waals surface area contributed by atoms with Gasteiger partial charge in [0.1, 0.15) is 5.84 Å². The maximum absolute atomic E-state index is 12.0. The maximum atomic E-state index is 12.0. The molecule has 1 fully saturated rings. The Kier molecular flexibility index (Phi) is 5.26. The molecule has 1 N–H and O–H groups in total. The molecule has 6 heteroatoms. The first-order valence-electron chi connectivity index (χ1n) is 6.70. The van der Waals surface area contributed by atoms with Gasteiger partial charge >= 0.3 is 0 Å². The van der Waals surface area contributed by atoms with Gasteiger partial charge in [-0.3, -0.25) is 15.1 Å². The summed E-state index contributed by atoms with van der Waals surface area (Å²) in [7, 11) is 0. The van der Waals surface area contributed by atoms with Crippen LogP contribution in [0.25, 0.3) is 0 Å². The number of anilines is 1. The zero-order valence-corrected chi connectivity index (χ0v) is 12.8. The molecule has 1 heterocycles. The SMILES string of the molecule is CCCC(=O)N1CCCC1=NNc1cccc(Cl)c1Cl. The molecule has 2 rings (SSSR count). The van der Waals surface area contributed by atoms with E-state index in [1.807, 2.05) is 6.92 Å². The van der Waals surface area contributed by atoms with Crippen LogP contribution in [0.5, 0.6) is 0 Å². The predicted molar refractivity (Wildman–Crippen MR) is 83.4 cm³/mol. The van der Waals surface area contributed by atoms with Crippen molar-refractivity contribution in [2.24, 2.45) is 5.10 Å². The molecule has 0 aliphatic carbocycles. The quantitative estimate of drug-likeness (QED) is 0.849. The van der Waals surface area contributed by atoms with Crippen molar-refractivity contribution in [2.45, 2.75) is 32.6 Å². The zero-order valence-electron chi connectivity index (χ0n) is 11.3. The normalized spacial score (nSPS) is 16.8. The van der Waals surface area contributed by atoms with E-state index in [4.69, 9.17) is 23.2 Å². The van der Waals surface area contributed by atoms with Crippen LogP contribution in [-0.4, -0.2) is 23.2 Å². The van der Waals surface area contributed by atoms with Gasteiger partial charge in [-0.25, -0.2) is 0 Å². The zero-order chi connectivity index (χ0) is 14.5. The molecule has 20 heavy (non-hydrogen) atoms. The molecule has 1 aliphatic heterocycles. The van der Waals surface area contributed by atoms with Gasteiger partial charge in [-0.2, -0.15) is 5.10 Å². The summed E-state index contributed by atoms with van der Waals surface area (Å²) in [6, 6.07) is 5.31. The summed E-state index contributed by atoms with van der Waals surface area (Å²) in [5.74, 6) is 0.891. The third kappa shape index (κ3) is 3.44. The van der Waals surface area contributed by atoms with Crippen molar-refractivity contribution in [1.82, 2.24) is 4.90 Å². The summed E-state index contributed by atoms with van der Waals surface area (Å²) >= 11 is 12.0. The van der Waals surface area contributed by atoms with Crippen LogP contribution in [-0.2, 0) is 4.79 Å². The van der Waals surface area contributed by atoms with Crippen LogP contribution in [0.15, 0.2) is 23.3 Å². The number of amides is 1. The lowest BCUT2D eigenvalue weighted by atomic mass is 10.3. The molecular weight excluding hydrogens is 297 g/mol. The standard InChI is InChI=1S/C14H17Cl2N3O/c1-2-5-13(20)19-9-4-8-12(19)18-17-11-7-3-6-10(15)14(11)16/h3,6-7,17H,2,4-5,8-9H2,1H3. The van der Waals surface area contributed by atoms with E-state index in [0.29, 0.717) is 22.2 Å². The van der Waals surface area contributed by atoms with E-state index in [1.165, 1.54) is 0 Å². The fourth-order valence-electron chi connectivity index (χ4n) is 2.11. The topological polar surface area (TPSA) is 44.7 Å². The Morgan fingerprint density at radius 2 is 2.25 bits per heavy atom. The van der Waals surface area contributed by atoms with E-state index in [9.17, 15) is 4.79 Å². The second-order valence-electron chi connectivity index (χ2n) is 4.64. The van der Waals surface area contributed by atoms with E-state index in [0.717, 1.165) is 31.6 Å². The molecule has 1 aliphatic rings. The van der Waals surface area contributed by atoms with Crippen molar-refractivity contribution < 1.29 is 4.79 Å². The molecule has 0 atom stereocenters. The lowest BCUT2D eigenvalue weighted by Crippen LogP contribution is -2.32. The average Bonchev–Trinajstić information content (AvgIpc) is 2.89. The van der Waals surface area contributed by atoms with Crippen LogP contribution >= 0.6 is 23.2 Å². The van der Waals surface area contributed by atoms with Gasteiger partial charge in [-0.15, -0.1) is 0 Å². The third-order valence-electron chi connectivity index (χ3n) is 3.12. The summed E-state index contributed by atoms with van der Waals surface area (Å²) < 4.78 is 0. The average molecular weight is 314 g/mol. The van der Waals surface area contributed by atoms with Gasteiger partial charge in [0.25, 0.3) is 0 Å². The number of nitrogens with zero attached hydrogens (tertiary/aromatic N) is 2. The smallest absolute Gasteiger partial charge is 0.227 e.